The maximum Gasteiger partial charge on any atom is 0.417 e. The summed E-state index contributed by atoms with van der Waals surface area (Å²) < 4.78 is 52.3. The molecule has 0 saturated heterocycles. The fourth-order valence-electron chi connectivity index (χ4n) is 3.74. The van der Waals surface area contributed by atoms with Crippen LogP contribution >= 0.6 is 11.6 Å². The van der Waals surface area contributed by atoms with Crippen LogP contribution in [0.2, 0.25) is 23.2 Å². The van der Waals surface area contributed by atoms with Gasteiger partial charge in [0.25, 0.3) is 5.56 Å². The molecule has 0 saturated carbocycles. The molecule has 4 rings (SSSR count). The summed E-state index contributed by atoms with van der Waals surface area (Å²) in [5.74, 6) is 0.127. The van der Waals surface area contributed by atoms with Crippen molar-refractivity contribution in [2.45, 2.75) is 51.1 Å². The predicted molar refractivity (Wildman–Crippen MR) is 154 cm³/mol. The molecule has 41 heavy (non-hydrogen) atoms. The minimum Gasteiger partial charge on any atom is -0.437 e. The van der Waals surface area contributed by atoms with Crippen LogP contribution in [0, 0.1) is 0 Å². The fourth-order valence-corrected chi connectivity index (χ4v) is 5.02. The summed E-state index contributed by atoms with van der Waals surface area (Å²) in [5.41, 5.74) is 0.446. The SMILES string of the molecule is CC(C)(C)[Si](C)(C)OCC(c1cnccn1)n1ccc(-c2cccc(Oc3ccc(C(F)(F)F)cn3)c2Cl)cc1=O. The minimum absolute atomic E-state index is 0.0194. The topological polar surface area (TPSA) is 79.1 Å². The second kappa shape index (κ2) is 11.7. The molecule has 12 heteroatoms. The van der Waals surface area contributed by atoms with Crippen molar-refractivity contribution in [3.05, 3.63) is 100 Å². The average molecular weight is 603 g/mol. The first-order valence-corrected chi connectivity index (χ1v) is 16.1. The molecule has 1 atom stereocenters. The molecule has 4 aromatic rings. The molecule has 1 unspecified atom stereocenters. The summed E-state index contributed by atoms with van der Waals surface area (Å²) in [6.45, 7) is 11.0. The fraction of sp³-hybridized carbons (Fsp3) is 0.310. The van der Waals surface area contributed by atoms with Crippen molar-refractivity contribution in [2.75, 3.05) is 6.61 Å². The van der Waals surface area contributed by atoms with E-state index in [9.17, 15) is 18.0 Å². The Kier molecular flexibility index (Phi) is 8.72. The molecule has 0 fully saturated rings. The number of hydrogen-bond acceptors (Lipinski definition) is 6. The molecule has 0 spiro atoms. The van der Waals surface area contributed by atoms with Gasteiger partial charge in [0.15, 0.2) is 8.32 Å². The van der Waals surface area contributed by atoms with Crippen LogP contribution in [-0.4, -0.2) is 34.4 Å². The van der Waals surface area contributed by atoms with Crippen molar-refractivity contribution in [2.24, 2.45) is 0 Å². The number of hydrogen-bond donors (Lipinski definition) is 0. The van der Waals surface area contributed by atoms with Gasteiger partial charge in [-0.2, -0.15) is 13.2 Å². The van der Waals surface area contributed by atoms with Gasteiger partial charge in [0.1, 0.15) is 11.8 Å². The summed E-state index contributed by atoms with van der Waals surface area (Å²) in [6.07, 6.45) is 2.60. The summed E-state index contributed by atoms with van der Waals surface area (Å²) >= 11 is 6.61. The Morgan fingerprint density at radius 3 is 2.37 bits per heavy atom. The molecular weight excluding hydrogens is 573 g/mol. The number of benzene rings is 1. The summed E-state index contributed by atoms with van der Waals surface area (Å²) in [5, 5.41) is 0.159. The van der Waals surface area contributed by atoms with E-state index in [1.807, 2.05) is 0 Å². The largest absolute Gasteiger partial charge is 0.437 e. The number of ether oxygens (including phenoxy) is 1. The Labute approximate surface area is 242 Å². The lowest BCUT2D eigenvalue weighted by atomic mass is 10.1. The highest BCUT2D eigenvalue weighted by atomic mass is 35.5. The van der Waals surface area contributed by atoms with E-state index in [-0.39, 0.29) is 33.9 Å². The Balaban J connectivity index is 1.63. The van der Waals surface area contributed by atoms with E-state index in [4.69, 9.17) is 20.8 Å². The molecule has 216 valence electrons. The number of aromatic nitrogens is 4. The predicted octanol–water partition coefficient (Wildman–Crippen LogP) is 7.78. The number of halogens is 4. The van der Waals surface area contributed by atoms with Gasteiger partial charge < -0.3 is 13.7 Å². The van der Waals surface area contributed by atoms with E-state index in [2.05, 4.69) is 48.8 Å². The first-order chi connectivity index (χ1) is 19.2. The van der Waals surface area contributed by atoms with E-state index in [1.54, 1.807) is 53.6 Å². The standard InChI is InChI=1S/C29H30ClF3N4O3Si/c1-28(2,3)41(4,5)39-18-23(22-17-34-12-13-35-22)37-14-11-19(15-26(37)38)21-7-6-8-24(27(21)30)40-25-10-9-20(16-36-25)29(31,32)33/h6-17,23H,18H2,1-5H3. The highest BCUT2D eigenvalue weighted by molar-refractivity contribution is 6.74. The molecule has 0 N–H and O–H groups in total. The normalized spacial score (nSPS) is 13.2. The van der Waals surface area contributed by atoms with Crippen LogP contribution in [0.3, 0.4) is 0 Å². The first-order valence-electron chi connectivity index (χ1n) is 12.8. The van der Waals surface area contributed by atoms with Crippen LogP contribution in [0.1, 0.15) is 38.1 Å². The monoisotopic (exact) mass is 602 g/mol. The third-order valence-electron chi connectivity index (χ3n) is 7.17. The van der Waals surface area contributed by atoms with Crippen molar-refractivity contribution < 1.29 is 22.3 Å². The quantitative estimate of drug-likeness (QED) is 0.192. The van der Waals surface area contributed by atoms with Gasteiger partial charge in [0.05, 0.1) is 29.1 Å². The van der Waals surface area contributed by atoms with Crippen LogP contribution in [0.5, 0.6) is 11.6 Å². The highest BCUT2D eigenvalue weighted by Gasteiger charge is 2.38. The van der Waals surface area contributed by atoms with Crippen LogP contribution < -0.4 is 10.3 Å². The molecule has 0 aliphatic heterocycles. The lowest BCUT2D eigenvalue weighted by molar-refractivity contribution is -0.137. The van der Waals surface area contributed by atoms with Crippen LogP contribution in [0.25, 0.3) is 11.1 Å². The van der Waals surface area contributed by atoms with Crippen LogP contribution in [0.4, 0.5) is 13.2 Å². The van der Waals surface area contributed by atoms with E-state index < -0.39 is 26.1 Å². The molecule has 3 aromatic heterocycles. The van der Waals surface area contributed by atoms with Gasteiger partial charge in [-0.1, -0.05) is 44.5 Å². The molecule has 0 radical (unpaired) electrons. The molecule has 0 aliphatic carbocycles. The Hall–Kier alpha value is -3.54. The molecule has 3 heterocycles. The summed E-state index contributed by atoms with van der Waals surface area (Å²) in [7, 11) is -2.13. The smallest absolute Gasteiger partial charge is 0.417 e. The van der Waals surface area contributed by atoms with Crippen molar-refractivity contribution >= 4 is 19.9 Å². The molecule has 0 amide bonds. The lowest BCUT2D eigenvalue weighted by Gasteiger charge is -2.37. The van der Waals surface area contributed by atoms with E-state index in [1.165, 1.54) is 6.07 Å². The number of nitrogens with zero attached hydrogens (tertiary/aromatic N) is 4. The van der Waals surface area contributed by atoms with Crippen molar-refractivity contribution in [3.8, 4) is 22.8 Å². The molecule has 1 aromatic carbocycles. The van der Waals surface area contributed by atoms with Gasteiger partial charge in [-0.3, -0.25) is 14.8 Å². The number of rotatable bonds is 8. The van der Waals surface area contributed by atoms with Gasteiger partial charge in [-0.25, -0.2) is 4.98 Å². The second-order valence-electron chi connectivity index (χ2n) is 11.0. The Morgan fingerprint density at radius 2 is 1.78 bits per heavy atom. The molecular formula is C29H30ClF3N4O3Si. The van der Waals surface area contributed by atoms with Gasteiger partial charge in [0, 0.05) is 42.5 Å². The molecule has 0 bridgehead atoms. The zero-order chi connectivity index (χ0) is 30.0. The minimum atomic E-state index is -4.51. The van der Waals surface area contributed by atoms with Crippen molar-refractivity contribution in [1.82, 2.24) is 19.5 Å². The molecule has 7 nitrogen and oxygen atoms in total. The highest BCUT2D eigenvalue weighted by Crippen LogP contribution is 2.39. The zero-order valence-electron chi connectivity index (χ0n) is 23.2. The first kappa shape index (κ1) is 30.4. The maximum atomic E-state index is 13.4. The summed E-state index contributed by atoms with van der Waals surface area (Å²) in [4.78, 5) is 25.8. The van der Waals surface area contributed by atoms with E-state index in [0.29, 0.717) is 23.0 Å². The van der Waals surface area contributed by atoms with Crippen LogP contribution in [0.15, 0.2) is 78.2 Å². The van der Waals surface area contributed by atoms with Gasteiger partial charge in [0.2, 0.25) is 5.88 Å². The van der Waals surface area contributed by atoms with Gasteiger partial charge >= 0.3 is 6.18 Å². The average Bonchev–Trinajstić information content (AvgIpc) is 2.90. The third kappa shape index (κ3) is 7.03. The Bertz CT molecular complexity index is 1560. The second-order valence-corrected chi connectivity index (χ2v) is 16.2. The van der Waals surface area contributed by atoms with E-state index >= 15 is 0 Å². The number of alkyl halides is 3. The van der Waals surface area contributed by atoms with Crippen LogP contribution in [-0.2, 0) is 10.6 Å². The summed E-state index contributed by atoms with van der Waals surface area (Å²) in [6, 6.07) is 9.64. The van der Waals surface area contributed by atoms with Crippen molar-refractivity contribution in [3.63, 3.8) is 0 Å². The van der Waals surface area contributed by atoms with Gasteiger partial charge in [-0.15, -0.1) is 0 Å². The van der Waals surface area contributed by atoms with Gasteiger partial charge in [-0.05, 0) is 41.9 Å². The third-order valence-corrected chi connectivity index (χ3v) is 12.1. The van der Waals surface area contributed by atoms with E-state index in [0.717, 1.165) is 12.1 Å². The lowest BCUT2D eigenvalue weighted by Crippen LogP contribution is -2.43. The maximum absolute atomic E-state index is 13.4. The zero-order valence-corrected chi connectivity index (χ0v) is 25.0. The number of pyridine rings is 2. The Morgan fingerprint density at radius 1 is 1.02 bits per heavy atom. The van der Waals surface area contributed by atoms with Crippen molar-refractivity contribution in [1.29, 1.82) is 0 Å². The molecule has 0 aliphatic rings.